The maximum atomic E-state index is 11.8. The molecule has 0 radical (unpaired) electrons. The molecule has 1 rings (SSSR count). The van der Waals surface area contributed by atoms with Crippen LogP contribution in [-0.2, 0) is 19.6 Å². The van der Waals surface area contributed by atoms with E-state index in [9.17, 15) is 18.0 Å². The molecule has 0 heterocycles. The number of hydrogen-bond acceptors (Lipinski definition) is 5. The number of allylic oxidation sites excluding steroid dienone is 1. The lowest BCUT2D eigenvalue weighted by atomic mass is 10.1. The van der Waals surface area contributed by atoms with Crippen molar-refractivity contribution < 1.29 is 22.7 Å². The number of nitrogens with one attached hydrogen (secondary N) is 2. The molecule has 2 N–H and O–H groups in total. The van der Waals surface area contributed by atoms with Crippen molar-refractivity contribution in [3.05, 3.63) is 41.3 Å². The van der Waals surface area contributed by atoms with Crippen LogP contribution < -0.4 is 10.0 Å². The lowest BCUT2D eigenvalue weighted by Gasteiger charge is -2.07. The molecule has 0 aliphatic rings. The van der Waals surface area contributed by atoms with Gasteiger partial charge in [0, 0.05) is 0 Å². The number of rotatable bonds is 6. The number of esters is 1. The quantitative estimate of drug-likeness (QED) is 0.766. The molecule has 0 unspecified atom stereocenters. The van der Waals surface area contributed by atoms with Crippen LogP contribution in [0.15, 0.2) is 35.7 Å². The first kappa shape index (κ1) is 17.7. The third-order valence-electron chi connectivity index (χ3n) is 2.49. The molecule has 0 aliphatic heterocycles. The van der Waals surface area contributed by atoms with Gasteiger partial charge in [-0.1, -0.05) is 30.3 Å². The fourth-order valence-corrected chi connectivity index (χ4v) is 2.55. The summed E-state index contributed by atoms with van der Waals surface area (Å²) in [6.45, 7) is 3.01. The number of carbonyl (C=O) groups excluding carboxylic acids is 2. The summed E-state index contributed by atoms with van der Waals surface area (Å²) < 4.78 is 30.1. The van der Waals surface area contributed by atoms with E-state index in [0.717, 1.165) is 11.0 Å². The molecule has 7 nitrogen and oxygen atoms in total. The molecule has 1 aromatic carbocycles. The van der Waals surface area contributed by atoms with E-state index in [1.165, 1.54) is 0 Å². The number of benzene rings is 1. The van der Waals surface area contributed by atoms with Crippen LogP contribution >= 0.6 is 0 Å². The Morgan fingerprint density at radius 2 is 1.86 bits per heavy atom. The molecule has 0 fully saturated rings. The molecule has 0 aromatic heterocycles. The van der Waals surface area contributed by atoms with E-state index in [4.69, 9.17) is 0 Å². The number of ether oxygens (including phenoxy) is 1. The molecule has 8 heteroatoms. The van der Waals surface area contributed by atoms with Gasteiger partial charge in [0.1, 0.15) is 6.54 Å². The van der Waals surface area contributed by atoms with Crippen molar-refractivity contribution in [1.82, 2.24) is 10.0 Å². The van der Waals surface area contributed by atoms with Crippen LogP contribution in [0.25, 0.3) is 5.57 Å². The van der Waals surface area contributed by atoms with Gasteiger partial charge in [0.05, 0.1) is 12.0 Å². The number of carbonyl (C=O) groups is 2. The highest BCUT2D eigenvalue weighted by molar-refractivity contribution is 7.93. The molecule has 120 valence electrons. The second kappa shape index (κ2) is 8.18. The lowest BCUT2D eigenvalue weighted by molar-refractivity contribution is -0.141. The predicted molar refractivity (Wildman–Crippen MR) is 82.2 cm³/mol. The van der Waals surface area contributed by atoms with Crippen molar-refractivity contribution in [3.8, 4) is 0 Å². The van der Waals surface area contributed by atoms with Crippen molar-refractivity contribution in [1.29, 1.82) is 0 Å². The zero-order valence-corrected chi connectivity index (χ0v) is 13.1. The summed E-state index contributed by atoms with van der Waals surface area (Å²) in [6, 6.07) is 7.87. The fraction of sp³-hybridized carbons (Fsp3) is 0.286. The van der Waals surface area contributed by atoms with Gasteiger partial charge in [0.15, 0.2) is 0 Å². The Hall–Kier alpha value is -2.35. The smallest absolute Gasteiger partial charge is 0.329 e. The van der Waals surface area contributed by atoms with Crippen LogP contribution in [0, 0.1) is 0 Å². The largest absolute Gasteiger partial charge is 0.465 e. The minimum Gasteiger partial charge on any atom is -0.465 e. The van der Waals surface area contributed by atoms with Crippen LogP contribution in [-0.4, -0.2) is 33.6 Å². The Balaban J connectivity index is 2.64. The molecule has 0 saturated heterocycles. The number of urea groups is 1. The van der Waals surface area contributed by atoms with Crippen molar-refractivity contribution in [2.45, 2.75) is 13.8 Å². The summed E-state index contributed by atoms with van der Waals surface area (Å²) in [5.74, 6) is -0.647. The molecule has 22 heavy (non-hydrogen) atoms. The minimum absolute atomic E-state index is 0.180. The van der Waals surface area contributed by atoms with Crippen LogP contribution in [0.3, 0.4) is 0 Å². The normalized spacial score (nSPS) is 11.6. The van der Waals surface area contributed by atoms with E-state index in [-0.39, 0.29) is 6.61 Å². The van der Waals surface area contributed by atoms with Gasteiger partial charge in [-0.2, -0.15) is 0 Å². The topological polar surface area (TPSA) is 102 Å². The van der Waals surface area contributed by atoms with E-state index < -0.39 is 28.6 Å². The maximum absolute atomic E-state index is 11.8. The van der Waals surface area contributed by atoms with Crippen molar-refractivity contribution in [2.24, 2.45) is 0 Å². The summed E-state index contributed by atoms with van der Waals surface area (Å²) >= 11 is 0. The Kier molecular flexibility index (Phi) is 6.58. The predicted octanol–water partition coefficient (Wildman–Crippen LogP) is 1.24. The van der Waals surface area contributed by atoms with Gasteiger partial charge in [-0.3, -0.25) is 4.79 Å². The number of hydrogen-bond donors (Lipinski definition) is 2. The van der Waals surface area contributed by atoms with Gasteiger partial charge in [0.25, 0.3) is 10.0 Å². The van der Waals surface area contributed by atoms with Gasteiger partial charge in [-0.25, -0.2) is 17.9 Å². The average molecular weight is 326 g/mol. The number of amides is 2. The second-order valence-corrected chi connectivity index (χ2v) is 5.83. The summed E-state index contributed by atoms with van der Waals surface area (Å²) in [7, 11) is -3.96. The van der Waals surface area contributed by atoms with Gasteiger partial charge in [0.2, 0.25) is 0 Å². The van der Waals surface area contributed by atoms with Crippen LogP contribution in [0.2, 0.25) is 0 Å². The first-order valence-corrected chi connectivity index (χ1v) is 8.08. The third-order valence-corrected chi connectivity index (χ3v) is 3.63. The van der Waals surface area contributed by atoms with Crippen LogP contribution in [0.4, 0.5) is 4.79 Å². The number of sulfonamides is 1. The monoisotopic (exact) mass is 326 g/mol. The van der Waals surface area contributed by atoms with Gasteiger partial charge in [-0.15, -0.1) is 0 Å². The zero-order valence-electron chi connectivity index (χ0n) is 12.3. The Bertz CT molecular complexity index is 653. The Morgan fingerprint density at radius 1 is 1.23 bits per heavy atom. The zero-order chi connectivity index (χ0) is 16.6. The molecule has 0 aliphatic carbocycles. The summed E-state index contributed by atoms with van der Waals surface area (Å²) in [5, 5.41) is 3.05. The maximum Gasteiger partial charge on any atom is 0.329 e. The second-order valence-electron chi connectivity index (χ2n) is 4.30. The van der Waals surface area contributed by atoms with E-state index in [1.807, 2.05) is 6.07 Å². The van der Waals surface area contributed by atoms with E-state index in [1.54, 1.807) is 42.8 Å². The van der Waals surface area contributed by atoms with Crippen LogP contribution in [0.5, 0.6) is 0 Å². The van der Waals surface area contributed by atoms with Gasteiger partial charge in [-0.05, 0) is 25.0 Å². The molecule has 1 aromatic rings. The summed E-state index contributed by atoms with van der Waals surface area (Å²) in [5.41, 5.74) is 1.20. The van der Waals surface area contributed by atoms with Crippen molar-refractivity contribution in [3.63, 3.8) is 0 Å². The highest BCUT2D eigenvalue weighted by Crippen LogP contribution is 2.13. The lowest BCUT2D eigenvalue weighted by Crippen LogP contribution is -2.41. The molecular weight excluding hydrogens is 308 g/mol. The van der Waals surface area contributed by atoms with Crippen LogP contribution in [0.1, 0.15) is 19.4 Å². The molecule has 0 spiro atoms. The minimum atomic E-state index is -3.96. The van der Waals surface area contributed by atoms with E-state index in [0.29, 0.717) is 5.57 Å². The van der Waals surface area contributed by atoms with E-state index in [2.05, 4.69) is 10.1 Å². The first-order valence-electron chi connectivity index (χ1n) is 6.54. The molecular formula is C14H18N2O5S. The highest BCUT2D eigenvalue weighted by atomic mass is 32.2. The average Bonchev–Trinajstić information content (AvgIpc) is 2.45. The van der Waals surface area contributed by atoms with Gasteiger partial charge >= 0.3 is 12.0 Å². The highest BCUT2D eigenvalue weighted by Gasteiger charge is 2.13. The third kappa shape index (κ3) is 6.40. The first-order chi connectivity index (χ1) is 10.3. The molecule has 0 atom stereocenters. The molecule has 0 bridgehead atoms. The standard InChI is InChI=1S/C14H18N2O5S/c1-3-21-13(17)9-15-14(18)16-22(19,20)10-11(2)12-7-5-4-6-8-12/h4-8,10H,3,9H2,1-2H3,(H2,15,16,18)/b11-10+. The van der Waals surface area contributed by atoms with E-state index >= 15 is 0 Å². The Labute approximate surface area is 129 Å². The SMILES string of the molecule is CCOC(=O)CNC(=O)NS(=O)(=O)/C=C(\C)c1ccccc1. The van der Waals surface area contributed by atoms with Crippen molar-refractivity contribution in [2.75, 3.05) is 13.2 Å². The Morgan fingerprint density at radius 3 is 2.45 bits per heavy atom. The summed E-state index contributed by atoms with van der Waals surface area (Å²) in [6.07, 6.45) is 0. The molecule has 2 amide bonds. The van der Waals surface area contributed by atoms with Gasteiger partial charge < -0.3 is 10.1 Å². The summed E-state index contributed by atoms with van der Waals surface area (Å²) in [4.78, 5) is 22.5. The molecule has 0 saturated carbocycles. The van der Waals surface area contributed by atoms with Crippen molar-refractivity contribution >= 4 is 27.6 Å². The fourth-order valence-electron chi connectivity index (χ4n) is 1.56.